The van der Waals surface area contributed by atoms with Gasteiger partial charge in [-0.25, -0.2) is 9.97 Å². The largest absolute Gasteiger partial charge is 0.377 e. The van der Waals surface area contributed by atoms with Crippen LogP contribution in [0.5, 0.6) is 0 Å². The fourth-order valence-electron chi connectivity index (χ4n) is 4.54. The molecule has 1 N–H and O–H groups in total. The number of nitrogens with zero attached hydrogens (tertiary/aromatic N) is 5. The predicted molar refractivity (Wildman–Crippen MR) is 141 cm³/mol. The second-order valence-corrected chi connectivity index (χ2v) is 9.52. The molecule has 0 spiro atoms. The quantitative estimate of drug-likeness (QED) is 0.415. The molecule has 0 atom stereocenters. The van der Waals surface area contributed by atoms with Gasteiger partial charge < -0.3 is 15.0 Å². The fourth-order valence-corrected chi connectivity index (χ4v) is 4.54. The molecule has 1 aromatic carbocycles. The van der Waals surface area contributed by atoms with Crippen LogP contribution in [0.25, 0.3) is 22.3 Å². The number of rotatable bonds is 7. The summed E-state index contributed by atoms with van der Waals surface area (Å²) in [5, 5.41) is 8.73. The molecular weight excluding hydrogens is 452 g/mol. The number of carbonyl (C=O) groups is 1. The zero-order valence-corrected chi connectivity index (χ0v) is 21.5. The summed E-state index contributed by atoms with van der Waals surface area (Å²) >= 11 is 0. The highest BCUT2D eigenvalue weighted by molar-refractivity contribution is 6.07. The summed E-state index contributed by atoms with van der Waals surface area (Å²) < 4.78 is 7.21. The monoisotopic (exact) mass is 484 g/mol. The van der Waals surface area contributed by atoms with E-state index < -0.39 is 0 Å². The van der Waals surface area contributed by atoms with Crippen molar-refractivity contribution in [2.45, 2.75) is 46.8 Å². The Balaban J connectivity index is 1.50. The van der Waals surface area contributed by atoms with Crippen molar-refractivity contribution < 1.29 is 9.53 Å². The van der Waals surface area contributed by atoms with E-state index in [0.29, 0.717) is 37.1 Å². The van der Waals surface area contributed by atoms with Crippen LogP contribution in [0.15, 0.2) is 42.6 Å². The second kappa shape index (κ2) is 9.70. The summed E-state index contributed by atoms with van der Waals surface area (Å²) in [7, 11) is 1.83. The molecule has 0 unspecified atom stereocenters. The van der Waals surface area contributed by atoms with Crippen LogP contribution < -0.4 is 5.32 Å². The molecule has 0 saturated carbocycles. The maximum atomic E-state index is 13.8. The van der Waals surface area contributed by atoms with Gasteiger partial charge in [-0.15, -0.1) is 0 Å². The van der Waals surface area contributed by atoms with Gasteiger partial charge in [0.15, 0.2) is 0 Å². The Bertz CT molecular complexity index is 1440. The molecule has 8 nitrogen and oxygen atoms in total. The van der Waals surface area contributed by atoms with Crippen LogP contribution in [0.2, 0.25) is 0 Å². The van der Waals surface area contributed by atoms with E-state index in [4.69, 9.17) is 14.7 Å². The Labute approximate surface area is 211 Å². The number of ether oxygens (including phenoxy) is 1. The number of nitrogens with one attached hydrogen (secondary N) is 1. The van der Waals surface area contributed by atoms with Gasteiger partial charge in [-0.2, -0.15) is 5.10 Å². The van der Waals surface area contributed by atoms with E-state index in [1.165, 1.54) is 0 Å². The fraction of sp³-hybridized carbons (Fsp3) is 0.357. The normalized spacial score (nSPS) is 13.6. The lowest BCUT2D eigenvalue weighted by Crippen LogP contribution is -2.40. The van der Waals surface area contributed by atoms with Crippen molar-refractivity contribution in [3.05, 3.63) is 70.7 Å². The zero-order chi connectivity index (χ0) is 25.4. The molecule has 1 amide bonds. The standard InChI is InChI=1S/C28H32N6O2/c1-6-34-19(4)20(13-29-34)14-33(5)28(35)23-12-27(32-25-8-7-17(2)11-22(23)25)26-10-9-24(18(3)30-26)31-21-15-36-16-21/h7-13,21,31H,6,14-16H2,1-5H3. The van der Waals surface area contributed by atoms with Crippen LogP contribution in [0.1, 0.15) is 39.8 Å². The number of pyridine rings is 2. The number of hydrogen-bond acceptors (Lipinski definition) is 6. The molecule has 36 heavy (non-hydrogen) atoms. The van der Waals surface area contributed by atoms with Gasteiger partial charge in [0.25, 0.3) is 5.91 Å². The number of carbonyl (C=O) groups excluding carboxylic acids is 1. The molecule has 186 valence electrons. The summed E-state index contributed by atoms with van der Waals surface area (Å²) in [5.74, 6) is -0.0575. The Hall–Kier alpha value is -3.78. The highest BCUT2D eigenvalue weighted by Gasteiger charge is 2.21. The van der Waals surface area contributed by atoms with E-state index in [-0.39, 0.29) is 5.91 Å². The molecule has 1 saturated heterocycles. The molecule has 3 aromatic heterocycles. The van der Waals surface area contributed by atoms with Gasteiger partial charge >= 0.3 is 0 Å². The van der Waals surface area contributed by atoms with E-state index in [9.17, 15) is 4.79 Å². The van der Waals surface area contributed by atoms with Gasteiger partial charge in [-0.3, -0.25) is 9.48 Å². The first-order valence-electron chi connectivity index (χ1n) is 12.3. The lowest BCUT2D eigenvalue weighted by atomic mass is 10.0. The van der Waals surface area contributed by atoms with Crippen LogP contribution in [0, 0.1) is 20.8 Å². The van der Waals surface area contributed by atoms with Gasteiger partial charge in [0.05, 0.1) is 59.3 Å². The average molecular weight is 485 g/mol. The van der Waals surface area contributed by atoms with Crippen molar-refractivity contribution in [1.82, 2.24) is 24.6 Å². The summed E-state index contributed by atoms with van der Waals surface area (Å²) in [6.07, 6.45) is 1.85. The molecule has 1 aliphatic rings. The van der Waals surface area contributed by atoms with Gasteiger partial charge in [0.1, 0.15) is 0 Å². The highest BCUT2D eigenvalue weighted by atomic mass is 16.5. The molecule has 8 heteroatoms. The predicted octanol–water partition coefficient (Wildman–Crippen LogP) is 4.52. The first kappa shape index (κ1) is 23.9. The number of anilines is 1. The minimum atomic E-state index is -0.0575. The number of aromatic nitrogens is 4. The van der Waals surface area contributed by atoms with Crippen molar-refractivity contribution in [3.63, 3.8) is 0 Å². The summed E-state index contributed by atoms with van der Waals surface area (Å²) in [5.41, 5.74) is 7.89. The lowest BCUT2D eigenvalue weighted by molar-refractivity contribution is 0.0211. The van der Waals surface area contributed by atoms with E-state index in [1.54, 1.807) is 4.90 Å². The second-order valence-electron chi connectivity index (χ2n) is 9.52. The molecule has 0 aliphatic carbocycles. The molecule has 0 radical (unpaired) electrons. The maximum Gasteiger partial charge on any atom is 0.254 e. The third kappa shape index (κ3) is 4.56. The van der Waals surface area contributed by atoms with Crippen molar-refractivity contribution in [2.24, 2.45) is 0 Å². The van der Waals surface area contributed by atoms with Crippen molar-refractivity contribution in [2.75, 3.05) is 25.6 Å². The molecule has 5 rings (SSSR count). The topological polar surface area (TPSA) is 85.2 Å². The Morgan fingerprint density at radius 1 is 1.11 bits per heavy atom. The van der Waals surface area contributed by atoms with Crippen LogP contribution >= 0.6 is 0 Å². The van der Waals surface area contributed by atoms with E-state index in [1.807, 2.05) is 75.1 Å². The first-order chi connectivity index (χ1) is 17.3. The summed E-state index contributed by atoms with van der Waals surface area (Å²) in [4.78, 5) is 25.2. The Morgan fingerprint density at radius 3 is 2.58 bits per heavy atom. The zero-order valence-electron chi connectivity index (χ0n) is 21.5. The number of fused-ring (bicyclic) bond motifs is 1. The van der Waals surface area contributed by atoms with Gasteiger partial charge in [-0.1, -0.05) is 11.6 Å². The van der Waals surface area contributed by atoms with Crippen molar-refractivity contribution in [3.8, 4) is 11.4 Å². The smallest absolute Gasteiger partial charge is 0.254 e. The van der Waals surface area contributed by atoms with Gasteiger partial charge in [-0.05, 0) is 58.0 Å². The molecule has 1 fully saturated rings. The van der Waals surface area contributed by atoms with E-state index in [2.05, 4.69) is 17.3 Å². The highest BCUT2D eigenvalue weighted by Crippen LogP contribution is 2.28. The summed E-state index contributed by atoms with van der Waals surface area (Å²) in [6.45, 7) is 10.8. The average Bonchev–Trinajstić information content (AvgIpc) is 3.19. The SMILES string of the molecule is CCn1ncc(CN(C)C(=O)c2cc(-c3ccc(NC4COC4)c(C)n3)nc3ccc(C)cc23)c1C. The third-order valence-corrected chi connectivity index (χ3v) is 6.80. The van der Waals surface area contributed by atoms with Crippen LogP contribution in [-0.4, -0.2) is 56.9 Å². The molecule has 0 bridgehead atoms. The maximum absolute atomic E-state index is 13.8. The summed E-state index contributed by atoms with van der Waals surface area (Å²) in [6, 6.07) is 12.2. The van der Waals surface area contributed by atoms with E-state index in [0.717, 1.165) is 51.3 Å². The number of benzene rings is 1. The van der Waals surface area contributed by atoms with Crippen LogP contribution in [0.4, 0.5) is 5.69 Å². The van der Waals surface area contributed by atoms with Gasteiger partial charge in [0.2, 0.25) is 0 Å². The van der Waals surface area contributed by atoms with Gasteiger partial charge in [0, 0.05) is 36.8 Å². The first-order valence-corrected chi connectivity index (χ1v) is 12.3. The number of aryl methyl sites for hydroxylation is 3. The lowest BCUT2D eigenvalue weighted by Gasteiger charge is -2.28. The van der Waals surface area contributed by atoms with E-state index >= 15 is 0 Å². The molecule has 1 aliphatic heterocycles. The molecule has 4 heterocycles. The van der Waals surface area contributed by atoms with Crippen molar-refractivity contribution in [1.29, 1.82) is 0 Å². The Morgan fingerprint density at radius 2 is 1.92 bits per heavy atom. The Kier molecular flexibility index (Phi) is 6.45. The minimum Gasteiger partial charge on any atom is -0.377 e. The number of hydrogen-bond donors (Lipinski definition) is 1. The van der Waals surface area contributed by atoms with Crippen LogP contribution in [0.3, 0.4) is 0 Å². The van der Waals surface area contributed by atoms with Crippen LogP contribution in [-0.2, 0) is 17.8 Å². The molecular formula is C28H32N6O2. The number of amides is 1. The molecule has 4 aromatic rings. The minimum absolute atomic E-state index is 0.0575. The third-order valence-electron chi connectivity index (χ3n) is 6.80. The van der Waals surface area contributed by atoms with Crippen molar-refractivity contribution >= 4 is 22.5 Å².